The first-order valence-electron chi connectivity index (χ1n) is 6.28. The van der Waals surface area contributed by atoms with Crippen molar-refractivity contribution >= 4 is 17.9 Å². The van der Waals surface area contributed by atoms with Crippen molar-refractivity contribution in [3.8, 4) is 16.9 Å². The molecule has 0 unspecified atom stereocenters. The molecule has 0 atom stereocenters. The minimum atomic E-state index is 0.335. The zero-order valence-corrected chi connectivity index (χ0v) is 11.1. The normalized spacial score (nSPS) is 14.2. The Morgan fingerprint density at radius 1 is 1.11 bits per heavy atom. The van der Waals surface area contributed by atoms with E-state index in [0.29, 0.717) is 16.7 Å². The van der Waals surface area contributed by atoms with E-state index in [2.05, 4.69) is 0 Å². The number of aldehydes is 1. The van der Waals surface area contributed by atoms with E-state index in [1.54, 1.807) is 6.07 Å². The summed E-state index contributed by atoms with van der Waals surface area (Å²) in [5, 5.41) is 0.612. The van der Waals surface area contributed by atoms with Crippen LogP contribution in [0.4, 0.5) is 0 Å². The number of ether oxygens (including phenoxy) is 1. The third kappa shape index (κ3) is 2.79. The highest BCUT2D eigenvalue weighted by atomic mass is 35.5. The van der Waals surface area contributed by atoms with Gasteiger partial charge in [-0.3, -0.25) is 4.79 Å². The Balaban J connectivity index is 1.91. The zero-order chi connectivity index (χ0) is 13.2. The van der Waals surface area contributed by atoms with Gasteiger partial charge in [-0.25, -0.2) is 0 Å². The molecule has 0 radical (unpaired) electrons. The van der Waals surface area contributed by atoms with E-state index in [1.165, 1.54) is 0 Å². The Labute approximate surface area is 117 Å². The van der Waals surface area contributed by atoms with Crippen LogP contribution in [0.5, 0.6) is 5.75 Å². The van der Waals surface area contributed by atoms with Crippen LogP contribution in [0.25, 0.3) is 11.1 Å². The highest BCUT2D eigenvalue weighted by molar-refractivity contribution is 6.32. The molecule has 2 nitrogen and oxygen atoms in total. The lowest BCUT2D eigenvalue weighted by Gasteiger charge is -2.09. The maximum absolute atomic E-state index is 10.8. The minimum absolute atomic E-state index is 0.335. The van der Waals surface area contributed by atoms with Crippen LogP contribution < -0.4 is 4.74 Å². The topological polar surface area (TPSA) is 26.3 Å². The van der Waals surface area contributed by atoms with Crippen LogP contribution in [0.2, 0.25) is 5.02 Å². The van der Waals surface area contributed by atoms with Crippen molar-refractivity contribution in [2.24, 2.45) is 0 Å². The van der Waals surface area contributed by atoms with Crippen LogP contribution >= 0.6 is 11.6 Å². The molecule has 0 spiro atoms. The molecule has 1 saturated carbocycles. The van der Waals surface area contributed by atoms with Crippen LogP contribution in [-0.2, 0) is 0 Å². The van der Waals surface area contributed by atoms with Gasteiger partial charge in [0.2, 0.25) is 0 Å². The van der Waals surface area contributed by atoms with Crippen molar-refractivity contribution in [3.63, 3.8) is 0 Å². The van der Waals surface area contributed by atoms with Gasteiger partial charge in [0.05, 0.1) is 11.1 Å². The Kier molecular flexibility index (Phi) is 3.26. The first kappa shape index (κ1) is 12.2. The molecule has 0 N–H and O–H groups in total. The molecule has 0 amide bonds. The van der Waals surface area contributed by atoms with Gasteiger partial charge in [-0.15, -0.1) is 0 Å². The summed E-state index contributed by atoms with van der Waals surface area (Å²) < 4.78 is 5.70. The van der Waals surface area contributed by atoms with E-state index >= 15 is 0 Å². The van der Waals surface area contributed by atoms with Gasteiger partial charge in [-0.05, 0) is 42.2 Å². The fraction of sp³-hybridized carbons (Fsp3) is 0.188. The Hall–Kier alpha value is -1.80. The fourth-order valence-corrected chi connectivity index (χ4v) is 2.16. The molecule has 0 heterocycles. The molecule has 96 valence electrons. The van der Waals surface area contributed by atoms with Crippen molar-refractivity contribution in [1.29, 1.82) is 0 Å². The molecule has 3 heteroatoms. The summed E-state index contributed by atoms with van der Waals surface area (Å²) in [6, 6.07) is 13.2. The number of halogens is 1. The van der Waals surface area contributed by atoms with Crippen molar-refractivity contribution in [2.45, 2.75) is 18.9 Å². The minimum Gasteiger partial charge on any atom is -0.489 e. The van der Waals surface area contributed by atoms with Gasteiger partial charge >= 0.3 is 0 Å². The molecule has 0 saturated heterocycles. The number of hydrogen-bond acceptors (Lipinski definition) is 2. The van der Waals surface area contributed by atoms with Gasteiger partial charge in [0, 0.05) is 5.56 Å². The van der Waals surface area contributed by atoms with Crippen LogP contribution in [0.3, 0.4) is 0 Å². The molecule has 1 aliphatic rings. The molecule has 19 heavy (non-hydrogen) atoms. The zero-order valence-electron chi connectivity index (χ0n) is 10.3. The Morgan fingerprint density at radius 2 is 1.89 bits per heavy atom. The summed E-state index contributed by atoms with van der Waals surface area (Å²) in [5.74, 6) is 0.736. The maximum Gasteiger partial charge on any atom is 0.150 e. The lowest BCUT2D eigenvalue weighted by Crippen LogP contribution is -1.96. The first-order valence-corrected chi connectivity index (χ1v) is 6.66. The average Bonchev–Trinajstić information content (AvgIpc) is 3.25. The number of hydrogen-bond donors (Lipinski definition) is 0. The largest absolute Gasteiger partial charge is 0.489 e. The molecular weight excluding hydrogens is 260 g/mol. The van der Waals surface area contributed by atoms with Crippen molar-refractivity contribution in [2.75, 3.05) is 0 Å². The van der Waals surface area contributed by atoms with E-state index < -0.39 is 0 Å². The summed E-state index contributed by atoms with van der Waals surface area (Å²) in [5.41, 5.74) is 2.62. The number of benzene rings is 2. The summed E-state index contributed by atoms with van der Waals surface area (Å²) in [4.78, 5) is 10.8. The van der Waals surface area contributed by atoms with Gasteiger partial charge in [0.15, 0.2) is 0 Å². The third-order valence-corrected chi connectivity index (χ3v) is 3.40. The molecule has 0 aromatic heterocycles. The lowest BCUT2D eigenvalue weighted by molar-refractivity contribution is 0.112. The summed E-state index contributed by atoms with van der Waals surface area (Å²) in [6.45, 7) is 0. The smallest absolute Gasteiger partial charge is 0.150 e. The second kappa shape index (κ2) is 5.06. The van der Waals surface area contributed by atoms with Crippen molar-refractivity contribution in [1.82, 2.24) is 0 Å². The van der Waals surface area contributed by atoms with Crippen LogP contribution in [0.1, 0.15) is 23.2 Å². The maximum atomic E-state index is 10.8. The highest BCUT2D eigenvalue weighted by Gasteiger charge is 2.24. The number of rotatable bonds is 4. The second-order valence-electron chi connectivity index (χ2n) is 4.71. The highest BCUT2D eigenvalue weighted by Crippen LogP contribution is 2.34. The Bertz CT molecular complexity index is 618. The van der Waals surface area contributed by atoms with E-state index in [1.807, 2.05) is 36.4 Å². The molecule has 1 fully saturated rings. The summed E-state index contributed by atoms with van der Waals surface area (Å²) in [7, 11) is 0. The molecule has 2 aromatic carbocycles. The van der Waals surface area contributed by atoms with Crippen molar-refractivity contribution in [3.05, 3.63) is 53.1 Å². The van der Waals surface area contributed by atoms with E-state index in [-0.39, 0.29) is 0 Å². The monoisotopic (exact) mass is 272 g/mol. The molecule has 1 aliphatic carbocycles. The van der Waals surface area contributed by atoms with Crippen molar-refractivity contribution < 1.29 is 9.53 Å². The first-order chi connectivity index (χ1) is 9.26. The van der Waals surface area contributed by atoms with Crippen LogP contribution in [0.15, 0.2) is 42.5 Å². The fourth-order valence-electron chi connectivity index (χ4n) is 1.93. The van der Waals surface area contributed by atoms with Gasteiger partial charge < -0.3 is 4.74 Å². The average molecular weight is 273 g/mol. The number of carbonyl (C=O) groups excluding carboxylic acids is 1. The van der Waals surface area contributed by atoms with Gasteiger partial charge in [-0.1, -0.05) is 35.9 Å². The predicted molar refractivity (Wildman–Crippen MR) is 75.9 cm³/mol. The van der Waals surface area contributed by atoms with E-state index in [4.69, 9.17) is 16.3 Å². The lowest BCUT2D eigenvalue weighted by atomic mass is 10.0. The molecule has 0 bridgehead atoms. The number of carbonyl (C=O) groups is 1. The van der Waals surface area contributed by atoms with E-state index in [9.17, 15) is 4.79 Å². The molecule has 0 aliphatic heterocycles. The second-order valence-corrected chi connectivity index (χ2v) is 5.11. The van der Waals surface area contributed by atoms with Crippen LogP contribution in [-0.4, -0.2) is 12.4 Å². The standard InChI is InChI=1S/C16H13ClO2/c17-15-9-13(4-7-16(15)19-14-5-6-14)12-3-1-2-11(8-12)10-18/h1-4,7-10,14H,5-6H2. The third-order valence-electron chi connectivity index (χ3n) is 3.11. The summed E-state index contributed by atoms with van der Waals surface area (Å²) in [6.07, 6.45) is 3.40. The van der Waals surface area contributed by atoms with E-state index in [0.717, 1.165) is 36.0 Å². The SMILES string of the molecule is O=Cc1cccc(-c2ccc(OC3CC3)c(Cl)c2)c1. The van der Waals surface area contributed by atoms with Gasteiger partial charge in [-0.2, -0.15) is 0 Å². The molecule has 3 rings (SSSR count). The predicted octanol–water partition coefficient (Wildman–Crippen LogP) is 4.36. The van der Waals surface area contributed by atoms with Gasteiger partial charge in [0.1, 0.15) is 12.0 Å². The quantitative estimate of drug-likeness (QED) is 0.773. The summed E-state index contributed by atoms with van der Waals surface area (Å²) >= 11 is 6.23. The van der Waals surface area contributed by atoms with Crippen LogP contribution in [0, 0.1) is 0 Å². The molecule has 2 aromatic rings. The molecular formula is C16H13ClO2. The Morgan fingerprint density at radius 3 is 2.58 bits per heavy atom. The van der Waals surface area contributed by atoms with Gasteiger partial charge in [0.25, 0.3) is 0 Å².